The van der Waals surface area contributed by atoms with Crippen LogP contribution in [0.15, 0.2) is 36.8 Å². The van der Waals surface area contributed by atoms with Gasteiger partial charge in [0, 0.05) is 31.1 Å². The first-order valence-corrected chi connectivity index (χ1v) is 7.76. The van der Waals surface area contributed by atoms with E-state index in [9.17, 15) is 4.79 Å². The Bertz CT molecular complexity index is 892. The summed E-state index contributed by atoms with van der Waals surface area (Å²) in [5.74, 6) is 1.28. The quantitative estimate of drug-likeness (QED) is 0.788. The monoisotopic (exact) mass is 342 g/mol. The van der Waals surface area contributed by atoms with E-state index in [0.29, 0.717) is 33.7 Å². The number of halogens is 1. The normalized spacial score (nSPS) is 10.6. The Morgan fingerprint density at radius 3 is 2.88 bits per heavy atom. The highest BCUT2D eigenvalue weighted by Crippen LogP contribution is 2.18. The van der Waals surface area contributed by atoms with Gasteiger partial charge in [-0.1, -0.05) is 18.5 Å². The van der Waals surface area contributed by atoms with Gasteiger partial charge in [-0.15, -0.1) is 5.10 Å². The van der Waals surface area contributed by atoms with Gasteiger partial charge in [-0.3, -0.25) is 4.79 Å². The summed E-state index contributed by atoms with van der Waals surface area (Å²) in [5, 5.41) is 7.46. The van der Waals surface area contributed by atoms with E-state index < -0.39 is 0 Å². The van der Waals surface area contributed by atoms with E-state index in [-0.39, 0.29) is 5.91 Å². The van der Waals surface area contributed by atoms with Gasteiger partial charge in [0.2, 0.25) is 0 Å². The Morgan fingerprint density at radius 2 is 2.17 bits per heavy atom. The molecular weight excluding hydrogens is 328 g/mol. The average molecular weight is 343 g/mol. The van der Waals surface area contributed by atoms with E-state index in [1.165, 1.54) is 10.9 Å². The van der Waals surface area contributed by atoms with E-state index in [4.69, 9.17) is 11.6 Å². The molecule has 0 atom stereocenters. The van der Waals surface area contributed by atoms with Crippen LogP contribution in [0.1, 0.15) is 28.8 Å². The van der Waals surface area contributed by atoms with Gasteiger partial charge in [-0.2, -0.15) is 0 Å². The minimum Gasteiger partial charge on any atom is -0.305 e. The average Bonchev–Trinajstić information content (AvgIpc) is 3.03. The lowest BCUT2D eigenvalue weighted by molar-refractivity contribution is 0.102. The number of hydrogen-bond acceptors (Lipinski definition) is 5. The zero-order valence-electron chi connectivity index (χ0n) is 13.2. The number of pyridine rings is 1. The summed E-state index contributed by atoms with van der Waals surface area (Å²) in [4.78, 5) is 25.0. The van der Waals surface area contributed by atoms with Gasteiger partial charge in [0.05, 0.1) is 16.3 Å². The summed E-state index contributed by atoms with van der Waals surface area (Å²) in [6, 6.07) is 5.13. The van der Waals surface area contributed by atoms with Crippen LogP contribution >= 0.6 is 11.6 Å². The molecule has 0 aliphatic carbocycles. The van der Waals surface area contributed by atoms with Crippen LogP contribution < -0.4 is 5.32 Å². The van der Waals surface area contributed by atoms with Gasteiger partial charge in [0.15, 0.2) is 11.6 Å². The van der Waals surface area contributed by atoms with E-state index in [0.717, 1.165) is 6.42 Å². The largest absolute Gasteiger partial charge is 0.305 e. The first kappa shape index (κ1) is 16.1. The number of aromatic nitrogens is 5. The lowest BCUT2D eigenvalue weighted by Gasteiger charge is -2.06. The van der Waals surface area contributed by atoms with Crippen molar-refractivity contribution >= 4 is 23.3 Å². The van der Waals surface area contributed by atoms with Crippen LogP contribution in [0.5, 0.6) is 0 Å². The van der Waals surface area contributed by atoms with Crippen molar-refractivity contribution in [2.45, 2.75) is 20.3 Å². The molecule has 7 nitrogen and oxygen atoms in total. The lowest BCUT2D eigenvalue weighted by atomic mass is 10.2. The first-order valence-electron chi connectivity index (χ1n) is 7.39. The van der Waals surface area contributed by atoms with E-state index >= 15 is 0 Å². The van der Waals surface area contributed by atoms with Crippen LogP contribution in [-0.2, 0) is 6.42 Å². The third-order valence-electron chi connectivity index (χ3n) is 3.38. The Hall–Kier alpha value is -2.80. The second-order valence-corrected chi connectivity index (χ2v) is 5.45. The highest BCUT2D eigenvalue weighted by molar-refractivity contribution is 6.32. The molecule has 0 aliphatic rings. The number of carbonyl (C=O) groups excluding carboxylic acids is 1. The fourth-order valence-corrected chi connectivity index (χ4v) is 2.35. The molecule has 3 heterocycles. The minimum absolute atomic E-state index is 0.312. The highest BCUT2D eigenvalue weighted by Gasteiger charge is 2.14. The molecule has 0 saturated carbocycles. The summed E-state index contributed by atoms with van der Waals surface area (Å²) in [6.07, 6.45) is 5.55. The molecule has 3 aromatic rings. The molecule has 8 heteroatoms. The molecule has 0 saturated heterocycles. The van der Waals surface area contributed by atoms with E-state index in [1.807, 2.05) is 6.92 Å². The van der Waals surface area contributed by atoms with Crippen LogP contribution in [-0.4, -0.2) is 30.6 Å². The molecule has 122 valence electrons. The SMILES string of the molecule is CCc1ncc(C(=O)Nc2ccn(-c3ncccc3Cl)n2)c(C)n1. The van der Waals surface area contributed by atoms with Gasteiger partial charge in [0.25, 0.3) is 5.91 Å². The Morgan fingerprint density at radius 1 is 1.33 bits per heavy atom. The third-order valence-corrected chi connectivity index (χ3v) is 3.67. The molecule has 24 heavy (non-hydrogen) atoms. The predicted octanol–water partition coefficient (Wildman–Crippen LogP) is 2.83. The van der Waals surface area contributed by atoms with Gasteiger partial charge in [0.1, 0.15) is 5.82 Å². The van der Waals surface area contributed by atoms with Crippen molar-refractivity contribution in [1.82, 2.24) is 24.7 Å². The third kappa shape index (κ3) is 3.26. The van der Waals surface area contributed by atoms with Gasteiger partial charge in [-0.05, 0) is 19.1 Å². The molecule has 0 spiro atoms. The molecule has 1 N–H and O–H groups in total. The molecule has 0 radical (unpaired) electrons. The number of amides is 1. The van der Waals surface area contributed by atoms with Crippen LogP contribution in [0.2, 0.25) is 5.02 Å². The van der Waals surface area contributed by atoms with Gasteiger partial charge in [-0.25, -0.2) is 19.6 Å². The zero-order valence-corrected chi connectivity index (χ0v) is 13.9. The fraction of sp³-hybridized carbons (Fsp3) is 0.188. The smallest absolute Gasteiger partial charge is 0.260 e. The molecule has 0 aromatic carbocycles. The van der Waals surface area contributed by atoms with Crippen molar-refractivity contribution in [2.24, 2.45) is 0 Å². The maximum absolute atomic E-state index is 12.4. The van der Waals surface area contributed by atoms with Crippen LogP contribution in [0, 0.1) is 6.92 Å². The number of carbonyl (C=O) groups is 1. The van der Waals surface area contributed by atoms with Gasteiger partial charge >= 0.3 is 0 Å². The summed E-state index contributed by atoms with van der Waals surface area (Å²) in [7, 11) is 0. The van der Waals surface area contributed by atoms with E-state index in [2.05, 4.69) is 25.4 Å². The van der Waals surface area contributed by atoms with Crippen LogP contribution in [0.25, 0.3) is 5.82 Å². The second kappa shape index (κ2) is 6.76. The molecule has 3 rings (SSSR count). The van der Waals surface area contributed by atoms with Crippen LogP contribution in [0.3, 0.4) is 0 Å². The summed E-state index contributed by atoms with van der Waals surface area (Å²) in [6.45, 7) is 3.74. The number of nitrogens with one attached hydrogen (secondary N) is 1. The van der Waals surface area contributed by atoms with E-state index in [1.54, 1.807) is 37.5 Å². The maximum atomic E-state index is 12.4. The Balaban J connectivity index is 1.80. The first-order chi connectivity index (χ1) is 11.6. The molecule has 0 unspecified atom stereocenters. The van der Waals surface area contributed by atoms with Crippen molar-refractivity contribution in [3.05, 3.63) is 58.9 Å². The number of aryl methyl sites for hydroxylation is 2. The number of nitrogens with zero attached hydrogens (tertiary/aromatic N) is 5. The second-order valence-electron chi connectivity index (χ2n) is 5.05. The van der Waals surface area contributed by atoms with Crippen molar-refractivity contribution in [1.29, 1.82) is 0 Å². The summed E-state index contributed by atoms with van der Waals surface area (Å²) < 4.78 is 1.50. The van der Waals surface area contributed by atoms with Crippen molar-refractivity contribution in [3.63, 3.8) is 0 Å². The predicted molar refractivity (Wildman–Crippen MR) is 90.5 cm³/mol. The number of rotatable bonds is 4. The maximum Gasteiger partial charge on any atom is 0.260 e. The van der Waals surface area contributed by atoms with Crippen molar-refractivity contribution < 1.29 is 4.79 Å². The topological polar surface area (TPSA) is 85.6 Å². The number of anilines is 1. The van der Waals surface area contributed by atoms with Crippen LogP contribution in [0.4, 0.5) is 5.82 Å². The van der Waals surface area contributed by atoms with Gasteiger partial charge < -0.3 is 5.32 Å². The summed E-state index contributed by atoms with van der Waals surface area (Å²) in [5.41, 5.74) is 1.05. The molecule has 0 fully saturated rings. The standard InChI is InChI=1S/C16H15ClN6O/c1-3-13-19-9-11(10(2)20-13)16(24)21-14-6-8-23(22-14)15-12(17)5-4-7-18-15/h4-9H,3H2,1-2H3,(H,21,22,24). The Kier molecular flexibility index (Phi) is 4.52. The molecule has 1 amide bonds. The molecular formula is C16H15ClN6O. The molecule has 0 aliphatic heterocycles. The summed E-state index contributed by atoms with van der Waals surface area (Å²) >= 11 is 6.09. The lowest BCUT2D eigenvalue weighted by Crippen LogP contribution is -2.16. The van der Waals surface area contributed by atoms with Crippen molar-refractivity contribution in [2.75, 3.05) is 5.32 Å². The minimum atomic E-state index is -0.312. The van der Waals surface area contributed by atoms with Crippen molar-refractivity contribution in [3.8, 4) is 5.82 Å². The molecule has 3 aromatic heterocycles. The highest BCUT2D eigenvalue weighted by atomic mass is 35.5. The Labute approximate surface area is 143 Å². The fourth-order valence-electron chi connectivity index (χ4n) is 2.15. The number of hydrogen-bond donors (Lipinski definition) is 1. The molecule has 0 bridgehead atoms. The zero-order chi connectivity index (χ0) is 17.1.